The van der Waals surface area contributed by atoms with Gasteiger partial charge in [-0.25, -0.2) is 0 Å². The second-order valence-electron chi connectivity index (χ2n) is 5.11. The fourth-order valence-electron chi connectivity index (χ4n) is 2.91. The maximum Gasteiger partial charge on any atom is 0.131 e. The molecule has 2 heterocycles. The molecule has 3 aromatic rings. The zero-order valence-corrected chi connectivity index (χ0v) is 11.1. The van der Waals surface area contributed by atoms with Crippen LogP contribution >= 0.6 is 0 Å². The van der Waals surface area contributed by atoms with E-state index in [0.29, 0.717) is 5.92 Å². The predicted octanol–water partition coefficient (Wildman–Crippen LogP) is 4.43. The fourth-order valence-corrected chi connectivity index (χ4v) is 2.91. The minimum Gasteiger partial charge on any atom is -0.457 e. The molecule has 1 aliphatic heterocycles. The third kappa shape index (κ3) is 1.81. The summed E-state index contributed by atoms with van der Waals surface area (Å²) in [4.78, 5) is 0. The van der Waals surface area contributed by atoms with E-state index in [-0.39, 0.29) is 0 Å². The van der Waals surface area contributed by atoms with Gasteiger partial charge in [-0.2, -0.15) is 0 Å². The third-order valence-electron chi connectivity index (χ3n) is 3.87. The van der Waals surface area contributed by atoms with Crippen LogP contribution in [-0.4, -0.2) is 4.57 Å². The van der Waals surface area contributed by atoms with E-state index < -0.39 is 0 Å². The number of para-hydroxylation sites is 2. The van der Waals surface area contributed by atoms with E-state index in [1.54, 1.807) is 0 Å². The van der Waals surface area contributed by atoms with Crippen molar-refractivity contribution in [2.75, 3.05) is 0 Å². The molecule has 0 saturated heterocycles. The molecule has 98 valence electrons. The summed E-state index contributed by atoms with van der Waals surface area (Å²) in [5.41, 5.74) is 2.53. The second-order valence-corrected chi connectivity index (χ2v) is 5.11. The molecule has 0 amide bonds. The van der Waals surface area contributed by atoms with Crippen LogP contribution in [0.4, 0.5) is 0 Å². The molecule has 20 heavy (non-hydrogen) atoms. The molecule has 0 atom stereocenters. The van der Waals surface area contributed by atoms with Gasteiger partial charge >= 0.3 is 0 Å². The first-order valence-electron chi connectivity index (χ1n) is 6.88. The first kappa shape index (κ1) is 11.4. The summed E-state index contributed by atoms with van der Waals surface area (Å²) >= 11 is 0. The summed E-state index contributed by atoms with van der Waals surface area (Å²) in [6, 6.07) is 20.8. The summed E-state index contributed by atoms with van der Waals surface area (Å²) < 4.78 is 8.24. The van der Waals surface area contributed by atoms with Crippen LogP contribution in [0.5, 0.6) is 11.5 Å². The van der Waals surface area contributed by atoms with Gasteiger partial charge in [0.1, 0.15) is 11.5 Å². The van der Waals surface area contributed by atoms with Gasteiger partial charge in [-0.3, -0.25) is 0 Å². The van der Waals surface area contributed by atoms with Crippen LogP contribution in [0, 0.1) is 0 Å². The molecular formula is C18H15NO. The number of nitrogens with zero attached hydrogens (tertiary/aromatic N) is 1. The highest BCUT2D eigenvalue weighted by atomic mass is 16.5. The summed E-state index contributed by atoms with van der Waals surface area (Å²) in [6.07, 6.45) is 4.22. The van der Waals surface area contributed by atoms with Crippen molar-refractivity contribution < 1.29 is 4.74 Å². The molecule has 0 unspecified atom stereocenters. The Morgan fingerprint density at radius 2 is 1.30 bits per heavy atom. The third-order valence-corrected chi connectivity index (χ3v) is 3.87. The molecular weight excluding hydrogens is 246 g/mol. The molecule has 2 nitrogen and oxygen atoms in total. The van der Waals surface area contributed by atoms with Crippen molar-refractivity contribution in [3.63, 3.8) is 0 Å². The Labute approximate surface area is 118 Å². The number of fused-ring (bicyclic) bond motifs is 2. The van der Waals surface area contributed by atoms with Crippen LogP contribution in [0.1, 0.15) is 17.0 Å². The molecule has 1 aromatic heterocycles. The maximum atomic E-state index is 6.02. The van der Waals surface area contributed by atoms with Crippen LogP contribution in [0.2, 0.25) is 0 Å². The summed E-state index contributed by atoms with van der Waals surface area (Å²) in [6.45, 7) is 0.935. The Morgan fingerprint density at radius 1 is 0.750 bits per heavy atom. The first-order chi connectivity index (χ1) is 9.92. The van der Waals surface area contributed by atoms with Crippen LogP contribution in [0.3, 0.4) is 0 Å². The normalized spacial score (nSPS) is 13.4. The van der Waals surface area contributed by atoms with Gasteiger partial charge in [0, 0.05) is 36.0 Å². The molecule has 0 fully saturated rings. The van der Waals surface area contributed by atoms with Gasteiger partial charge < -0.3 is 9.30 Å². The Hall–Kier alpha value is -2.48. The smallest absolute Gasteiger partial charge is 0.131 e. The molecule has 0 saturated carbocycles. The summed E-state index contributed by atoms with van der Waals surface area (Å²) in [5, 5.41) is 0. The zero-order chi connectivity index (χ0) is 13.4. The van der Waals surface area contributed by atoms with E-state index in [1.165, 1.54) is 11.1 Å². The number of benzene rings is 2. The van der Waals surface area contributed by atoms with Gasteiger partial charge in [-0.05, 0) is 24.3 Å². The number of aromatic nitrogens is 1. The van der Waals surface area contributed by atoms with Crippen molar-refractivity contribution in [3.05, 3.63) is 84.2 Å². The molecule has 1 aliphatic rings. The minimum absolute atomic E-state index is 0.337. The highest BCUT2D eigenvalue weighted by molar-refractivity contribution is 5.53. The predicted molar refractivity (Wildman–Crippen MR) is 79.2 cm³/mol. The number of hydrogen-bond donors (Lipinski definition) is 0. The number of ether oxygens (including phenoxy) is 1. The highest BCUT2D eigenvalue weighted by Gasteiger charge is 2.26. The Morgan fingerprint density at radius 3 is 1.90 bits per heavy atom. The highest BCUT2D eigenvalue weighted by Crippen LogP contribution is 2.44. The number of rotatable bonds is 2. The standard InChI is InChI=1S/C18H15NO/c1-3-9-17-14(7-1)16(13-19-11-5-6-12-19)15-8-2-4-10-18(15)20-17/h1-12,16H,13H2. The zero-order valence-electron chi connectivity index (χ0n) is 11.1. The lowest BCUT2D eigenvalue weighted by atomic mass is 9.88. The van der Waals surface area contributed by atoms with E-state index >= 15 is 0 Å². The van der Waals surface area contributed by atoms with Crippen LogP contribution < -0.4 is 4.74 Å². The lowest BCUT2D eigenvalue weighted by Gasteiger charge is -2.28. The van der Waals surface area contributed by atoms with E-state index in [2.05, 4.69) is 53.4 Å². The lowest BCUT2D eigenvalue weighted by molar-refractivity contribution is 0.434. The molecule has 2 aromatic carbocycles. The summed E-state index contributed by atoms with van der Waals surface area (Å²) in [5.74, 6) is 2.29. The molecule has 0 N–H and O–H groups in total. The Bertz CT molecular complexity index is 685. The minimum atomic E-state index is 0.337. The van der Waals surface area contributed by atoms with E-state index in [9.17, 15) is 0 Å². The van der Waals surface area contributed by atoms with Crippen molar-refractivity contribution in [2.45, 2.75) is 12.5 Å². The van der Waals surface area contributed by atoms with Gasteiger partial charge in [0.2, 0.25) is 0 Å². The fraction of sp³-hybridized carbons (Fsp3) is 0.111. The van der Waals surface area contributed by atoms with E-state index in [1.807, 2.05) is 24.3 Å². The van der Waals surface area contributed by atoms with Crippen molar-refractivity contribution in [1.29, 1.82) is 0 Å². The van der Waals surface area contributed by atoms with Crippen LogP contribution in [0.15, 0.2) is 73.1 Å². The molecule has 2 heteroatoms. The molecule has 4 rings (SSSR count). The molecule has 0 bridgehead atoms. The lowest BCUT2D eigenvalue weighted by Crippen LogP contribution is -2.15. The van der Waals surface area contributed by atoms with Gasteiger partial charge in [0.15, 0.2) is 0 Å². The van der Waals surface area contributed by atoms with Crippen molar-refractivity contribution in [3.8, 4) is 11.5 Å². The Balaban J connectivity index is 1.84. The van der Waals surface area contributed by atoms with Gasteiger partial charge in [-0.15, -0.1) is 0 Å². The van der Waals surface area contributed by atoms with Crippen molar-refractivity contribution in [2.24, 2.45) is 0 Å². The average Bonchev–Trinajstić information content (AvgIpc) is 3.00. The molecule has 0 spiro atoms. The topological polar surface area (TPSA) is 14.2 Å². The second kappa shape index (κ2) is 4.57. The molecule has 0 radical (unpaired) electrons. The maximum absolute atomic E-state index is 6.02. The first-order valence-corrected chi connectivity index (χ1v) is 6.88. The van der Waals surface area contributed by atoms with E-state index in [0.717, 1.165) is 18.0 Å². The Kier molecular flexibility index (Phi) is 2.59. The monoisotopic (exact) mass is 261 g/mol. The average molecular weight is 261 g/mol. The van der Waals surface area contributed by atoms with Crippen molar-refractivity contribution in [1.82, 2.24) is 4.57 Å². The largest absolute Gasteiger partial charge is 0.457 e. The SMILES string of the molecule is c1ccc2c(c1)Oc1ccccc1C2Cn1cccc1. The molecule has 0 aliphatic carbocycles. The summed E-state index contributed by atoms with van der Waals surface area (Å²) in [7, 11) is 0. The van der Waals surface area contributed by atoms with Gasteiger partial charge in [0.25, 0.3) is 0 Å². The number of hydrogen-bond acceptors (Lipinski definition) is 1. The van der Waals surface area contributed by atoms with Crippen molar-refractivity contribution >= 4 is 0 Å². The van der Waals surface area contributed by atoms with E-state index in [4.69, 9.17) is 4.74 Å². The van der Waals surface area contributed by atoms with Crippen LogP contribution in [0.25, 0.3) is 0 Å². The quantitative estimate of drug-likeness (QED) is 0.665. The van der Waals surface area contributed by atoms with Gasteiger partial charge in [-0.1, -0.05) is 36.4 Å². The van der Waals surface area contributed by atoms with Gasteiger partial charge in [0.05, 0.1) is 0 Å². The van der Waals surface area contributed by atoms with Crippen LogP contribution in [-0.2, 0) is 6.54 Å².